The van der Waals surface area contributed by atoms with Crippen LogP contribution in [-0.4, -0.2) is 74.0 Å². The summed E-state index contributed by atoms with van der Waals surface area (Å²) >= 11 is 5.97. The molecule has 174 valence electrons. The van der Waals surface area contributed by atoms with Gasteiger partial charge in [-0.1, -0.05) is 11.6 Å². The maximum Gasteiger partial charge on any atom is 0.305 e. The molecule has 0 spiro atoms. The molecule has 1 aromatic rings. The number of nitrogens with zero attached hydrogens (tertiary/aromatic N) is 2. The zero-order valence-electron chi connectivity index (χ0n) is 18.3. The molecule has 3 rings (SSSR count). The van der Waals surface area contributed by atoms with E-state index in [1.807, 2.05) is 24.3 Å². The quantitative estimate of drug-likeness (QED) is 0.461. The van der Waals surface area contributed by atoms with Crippen molar-refractivity contribution in [3.8, 4) is 0 Å². The van der Waals surface area contributed by atoms with E-state index in [4.69, 9.17) is 30.5 Å². The van der Waals surface area contributed by atoms with Gasteiger partial charge < -0.3 is 23.8 Å². The van der Waals surface area contributed by atoms with Gasteiger partial charge in [-0.2, -0.15) is 0 Å². The number of esters is 3. The molecule has 1 fully saturated rings. The van der Waals surface area contributed by atoms with Gasteiger partial charge in [0.15, 0.2) is 6.10 Å². The Morgan fingerprint density at radius 2 is 1.53 bits per heavy atom. The van der Waals surface area contributed by atoms with Crippen molar-refractivity contribution in [3.63, 3.8) is 0 Å². The zero-order valence-corrected chi connectivity index (χ0v) is 19.0. The smallest absolute Gasteiger partial charge is 0.305 e. The molecule has 1 saturated heterocycles. The Morgan fingerprint density at radius 3 is 2.09 bits per heavy atom. The highest BCUT2D eigenvalue weighted by molar-refractivity contribution is 6.30. The monoisotopic (exact) mass is 466 g/mol. The Labute approximate surface area is 191 Å². The molecule has 0 aromatic heterocycles. The molecule has 0 saturated carbocycles. The molecule has 0 radical (unpaired) electrons. The maximum atomic E-state index is 11.6. The van der Waals surface area contributed by atoms with Crippen LogP contribution in [0.15, 0.2) is 36.1 Å². The lowest BCUT2D eigenvalue weighted by atomic mass is 10.1. The summed E-state index contributed by atoms with van der Waals surface area (Å²) in [6.07, 6.45) is -1.64. The van der Waals surface area contributed by atoms with Crippen molar-refractivity contribution in [2.45, 2.75) is 39.3 Å². The Morgan fingerprint density at radius 1 is 0.938 bits per heavy atom. The van der Waals surface area contributed by atoms with Crippen molar-refractivity contribution in [3.05, 3.63) is 41.1 Å². The van der Waals surface area contributed by atoms with Crippen LogP contribution < -0.4 is 4.90 Å². The van der Waals surface area contributed by atoms with Crippen LogP contribution in [-0.2, 0) is 33.3 Å². The van der Waals surface area contributed by atoms with Gasteiger partial charge in [-0.25, -0.2) is 0 Å². The SMILES string of the molecule is CC(=O)O[C@@H]1OC(CN2CCN(c3ccc(Cl)cc3)CC2)=C[C@H](OC(C)=O)[C@H]1OC(C)=O. The van der Waals surface area contributed by atoms with Crippen LogP contribution in [0.5, 0.6) is 0 Å². The van der Waals surface area contributed by atoms with E-state index in [9.17, 15) is 14.4 Å². The first-order valence-electron chi connectivity index (χ1n) is 10.3. The van der Waals surface area contributed by atoms with Crippen LogP contribution in [0, 0.1) is 0 Å². The molecule has 0 aliphatic carbocycles. The van der Waals surface area contributed by atoms with Crippen LogP contribution in [0.4, 0.5) is 5.69 Å². The van der Waals surface area contributed by atoms with Crippen LogP contribution in [0.3, 0.4) is 0 Å². The largest absolute Gasteiger partial charge is 0.454 e. The Balaban J connectivity index is 1.68. The molecule has 9 nitrogen and oxygen atoms in total. The number of hydrogen-bond acceptors (Lipinski definition) is 9. The summed E-state index contributed by atoms with van der Waals surface area (Å²) in [6, 6.07) is 7.72. The van der Waals surface area contributed by atoms with Crippen LogP contribution in [0.2, 0.25) is 5.02 Å². The van der Waals surface area contributed by atoms with E-state index in [1.165, 1.54) is 20.8 Å². The number of anilines is 1. The average molecular weight is 467 g/mol. The summed E-state index contributed by atoms with van der Waals surface area (Å²) < 4.78 is 21.6. The van der Waals surface area contributed by atoms with Gasteiger partial charge in [0.25, 0.3) is 6.29 Å². The van der Waals surface area contributed by atoms with Gasteiger partial charge in [-0.3, -0.25) is 19.3 Å². The van der Waals surface area contributed by atoms with Gasteiger partial charge in [-0.15, -0.1) is 0 Å². The molecule has 10 heteroatoms. The van der Waals surface area contributed by atoms with E-state index >= 15 is 0 Å². The molecule has 2 aliphatic heterocycles. The molecule has 1 aromatic carbocycles. The summed E-state index contributed by atoms with van der Waals surface area (Å²) in [5.74, 6) is -1.29. The number of rotatable bonds is 6. The number of carbonyl (C=O) groups is 3. The summed E-state index contributed by atoms with van der Waals surface area (Å²) in [5, 5.41) is 0.700. The fourth-order valence-corrected chi connectivity index (χ4v) is 3.80. The first kappa shape index (κ1) is 23.9. The highest BCUT2D eigenvalue weighted by Crippen LogP contribution is 2.26. The van der Waals surface area contributed by atoms with Gasteiger partial charge in [0.05, 0.1) is 6.54 Å². The lowest BCUT2D eigenvalue weighted by Crippen LogP contribution is -2.51. The van der Waals surface area contributed by atoms with Crippen LogP contribution in [0.25, 0.3) is 0 Å². The summed E-state index contributed by atoms with van der Waals surface area (Å²) in [7, 11) is 0. The normalized spacial score (nSPS) is 23.6. The third-order valence-electron chi connectivity index (χ3n) is 5.04. The van der Waals surface area contributed by atoms with E-state index in [0.29, 0.717) is 17.3 Å². The van der Waals surface area contributed by atoms with E-state index in [1.54, 1.807) is 6.08 Å². The zero-order chi connectivity index (χ0) is 23.3. The molecule has 0 N–H and O–H groups in total. The number of hydrogen-bond donors (Lipinski definition) is 0. The molecular formula is C22H27ClN2O7. The molecule has 2 aliphatic rings. The number of piperazine rings is 1. The van der Waals surface area contributed by atoms with Crippen molar-refractivity contribution in [1.82, 2.24) is 4.90 Å². The molecule has 0 amide bonds. The third-order valence-corrected chi connectivity index (χ3v) is 5.29. The van der Waals surface area contributed by atoms with E-state index < -0.39 is 36.4 Å². The predicted molar refractivity (Wildman–Crippen MR) is 116 cm³/mol. The second-order valence-corrected chi connectivity index (χ2v) is 8.05. The van der Waals surface area contributed by atoms with Crippen LogP contribution in [0.1, 0.15) is 20.8 Å². The minimum atomic E-state index is -1.21. The second-order valence-electron chi connectivity index (χ2n) is 7.62. The summed E-state index contributed by atoms with van der Waals surface area (Å²) in [5.41, 5.74) is 1.11. The minimum Gasteiger partial charge on any atom is -0.454 e. The molecule has 32 heavy (non-hydrogen) atoms. The van der Waals surface area contributed by atoms with E-state index in [2.05, 4.69) is 9.80 Å². The van der Waals surface area contributed by atoms with Gasteiger partial charge in [-0.05, 0) is 30.3 Å². The molecular weight excluding hydrogens is 440 g/mol. The summed E-state index contributed by atoms with van der Waals surface area (Å²) in [6.45, 7) is 7.29. The van der Waals surface area contributed by atoms with Crippen molar-refractivity contribution in [2.24, 2.45) is 0 Å². The predicted octanol–water partition coefficient (Wildman–Crippen LogP) is 2.13. The summed E-state index contributed by atoms with van der Waals surface area (Å²) in [4.78, 5) is 39.1. The average Bonchev–Trinajstić information content (AvgIpc) is 2.71. The third kappa shape index (κ3) is 6.61. The maximum absolute atomic E-state index is 11.6. The first-order valence-corrected chi connectivity index (χ1v) is 10.7. The molecule has 0 unspecified atom stereocenters. The van der Waals surface area contributed by atoms with Crippen molar-refractivity contribution in [2.75, 3.05) is 37.6 Å². The Hall–Kier alpha value is -2.78. The van der Waals surface area contributed by atoms with Crippen molar-refractivity contribution in [1.29, 1.82) is 0 Å². The molecule has 2 heterocycles. The first-order chi connectivity index (χ1) is 15.2. The number of carbonyl (C=O) groups excluding carboxylic acids is 3. The molecule has 0 bridgehead atoms. The Kier molecular flexibility index (Phi) is 7.98. The van der Waals surface area contributed by atoms with Crippen LogP contribution >= 0.6 is 11.6 Å². The van der Waals surface area contributed by atoms with Gasteiger partial charge in [0.2, 0.25) is 6.10 Å². The van der Waals surface area contributed by atoms with E-state index in [-0.39, 0.29) is 0 Å². The highest BCUT2D eigenvalue weighted by atomic mass is 35.5. The molecule has 3 atom stereocenters. The second kappa shape index (κ2) is 10.7. The Bertz CT molecular complexity index is 866. The lowest BCUT2D eigenvalue weighted by molar-refractivity contribution is -0.222. The number of benzene rings is 1. The number of ether oxygens (including phenoxy) is 4. The fourth-order valence-electron chi connectivity index (χ4n) is 3.68. The van der Waals surface area contributed by atoms with E-state index in [0.717, 1.165) is 31.9 Å². The van der Waals surface area contributed by atoms with Gasteiger partial charge >= 0.3 is 17.9 Å². The van der Waals surface area contributed by atoms with Crippen molar-refractivity contribution < 1.29 is 33.3 Å². The minimum absolute atomic E-state index is 0.427. The standard InChI is InChI=1S/C22H27ClN2O7/c1-14(26)29-20-12-19(32-22(31-16(3)28)21(20)30-15(2)27)13-24-8-10-25(11-9-24)18-6-4-17(23)5-7-18/h4-7,12,20-22H,8-11,13H2,1-3H3/t20-,21+,22+/m0/s1. The van der Waals surface area contributed by atoms with Gasteiger partial charge in [0.1, 0.15) is 5.76 Å². The van der Waals surface area contributed by atoms with Gasteiger partial charge in [0, 0.05) is 57.7 Å². The van der Waals surface area contributed by atoms with Crippen molar-refractivity contribution >= 4 is 35.2 Å². The lowest BCUT2D eigenvalue weighted by Gasteiger charge is -2.39. The number of halogens is 1. The fraction of sp³-hybridized carbons (Fsp3) is 0.500. The highest BCUT2D eigenvalue weighted by Gasteiger charge is 2.42. The topological polar surface area (TPSA) is 94.6 Å².